The summed E-state index contributed by atoms with van der Waals surface area (Å²) >= 11 is 3.75. The third-order valence-electron chi connectivity index (χ3n) is 11.7. The molecule has 2 aliphatic heterocycles. The molecule has 1 aliphatic carbocycles. The van der Waals surface area contributed by atoms with Crippen molar-refractivity contribution in [1.82, 2.24) is 9.13 Å². The summed E-state index contributed by atoms with van der Waals surface area (Å²) in [5.74, 6) is 0. The van der Waals surface area contributed by atoms with Crippen LogP contribution in [0.2, 0.25) is 0 Å². The second kappa shape index (κ2) is 11.3. The molecule has 3 aliphatic rings. The molecule has 0 atom stereocenters. The topological polar surface area (TPSA) is 16.3 Å². The molecule has 9 aromatic rings. The molecule has 0 bridgehead atoms. The normalized spacial score (nSPS) is 15.1. The molecular formula is C48H34N4S2. The van der Waals surface area contributed by atoms with E-state index in [4.69, 9.17) is 0 Å². The Labute approximate surface area is 321 Å². The van der Waals surface area contributed by atoms with Gasteiger partial charge in [0.2, 0.25) is 0 Å². The summed E-state index contributed by atoms with van der Waals surface area (Å²) in [5.41, 5.74) is 12.5. The third-order valence-corrected chi connectivity index (χ3v) is 14.0. The highest BCUT2D eigenvalue weighted by Gasteiger charge is 2.29. The van der Waals surface area contributed by atoms with Crippen LogP contribution in [0.3, 0.4) is 0 Å². The number of para-hydroxylation sites is 3. The van der Waals surface area contributed by atoms with E-state index in [9.17, 15) is 0 Å². The Balaban J connectivity index is 1.12. The highest BCUT2D eigenvalue weighted by molar-refractivity contribution is 8.03. The van der Waals surface area contributed by atoms with Crippen LogP contribution in [0.15, 0.2) is 171 Å². The molecule has 0 spiro atoms. The fourth-order valence-electron chi connectivity index (χ4n) is 9.36. The highest BCUT2D eigenvalue weighted by atomic mass is 32.2. The summed E-state index contributed by atoms with van der Waals surface area (Å²) in [4.78, 5) is 10.2. The molecule has 0 amide bonds. The zero-order chi connectivity index (χ0) is 35.7. The Morgan fingerprint density at radius 2 is 0.963 bits per heavy atom. The number of benzene rings is 7. The molecule has 12 rings (SSSR count). The molecule has 0 N–H and O–H groups in total. The molecular weight excluding hydrogens is 697 g/mol. The first kappa shape index (κ1) is 30.6. The van der Waals surface area contributed by atoms with E-state index >= 15 is 0 Å². The average Bonchev–Trinajstić information content (AvgIpc) is 3.68. The van der Waals surface area contributed by atoms with E-state index in [1.54, 1.807) is 0 Å². The summed E-state index contributed by atoms with van der Waals surface area (Å²) in [7, 11) is 4.52. The van der Waals surface area contributed by atoms with Crippen molar-refractivity contribution in [2.75, 3.05) is 9.80 Å². The van der Waals surface area contributed by atoms with Crippen molar-refractivity contribution in [3.63, 3.8) is 0 Å². The maximum absolute atomic E-state index is 2.52. The van der Waals surface area contributed by atoms with Gasteiger partial charge in [-0.05, 0) is 84.3 Å². The monoisotopic (exact) mass is 730 g/mol. The smallest absolute Gasteiger partial charge is 0.0742 e. The number of fused-ring (bicyclic) bond motifs is 13. The fourth-order valence-corrected chi connectivity index (χ4v) is 11.5. The van der Waals surface area contributed by atoms with E-state index in [2.05, 4.69) is 179 Å². The summed E-state index contributed by atoms with van der Waals surface area (Å²) in [6, 6.07) is 49.6. The van der Waals surface area contributed by atoms with Crippen molar-refractivity contribution < 1.29 is 0 Å². The lowest BCUT2D eigenvalue weighted by Gasteiger charge is -2.35. The third kappa shape index (κ3) is 4.12. The Morgan fingerprint density at radius 3 is 1.54 bits per heavy atom. The first-order valence-corrected chi connectivity index (χ1v) is 20.2. The van der Waals surface area contributed by atoms with Gasteiger partial charge in [0.05, 0.1) is 39.1 Å². The lowest BCUT2D eigenvalue weighted by atomic mass is 9.98. The first-order valence-electron chi connectivity index (χ1n) is 18.6. The van der Waals surface area contributed by atoms with Crippen LogP contribution in [-0.4, -0.2) is 9.13 Å². The van der Waals surface area contributed by atoms with Gasteiger partial charge in [0.25, 0.3) is 0 Å². The largest absolute Gasteiger partial charge is 0.342 e. The Kier molecular flexibility index (Phi) is 6.43. The van der Waals surface area contributed by atoms with Crippen LogP contribution in [0.4, 0.5) is 28.4 Å². The van der Waals surface area contributed by atoms with Gasteiger partial charge < -0.3 is 18.9 Å². The molecule has 258 valence electrons. The van der Waals surface area contributed by atoms with Crippen molar-refractivity contribution in [2.24, 2.45) is 14.1 Å². The molecule has 54 heavy (non-hydrogen) atoms. The van der Waals surface area contributed by atoms with Crippen molar-refractivity contribution >= 4 is 106 Å². The Bertz CT molecular complexity index is 3120. The van der Waals surface area contributed by atoms with Crippen LogP contribution < -0.4 is 9.80 Å². The first-order chi connectivity index (χ1) is 26.6. The van der Waals surface area contributed by atoms with Crippen LogP contribution in [0.1, 0.15) is 12.8 Å². The number of hydrogen-bond donors (Lipinski definition) is 0. The molecule has 7 aromatic carbocycles. The molecule has 4 heterocycles. The van der Waals surface area contributed by atoms with E-state index in [0.29, 0.717) is 0 Å². The summed E-state index contributed by atoms with van der Waals surface area (Å²) in [6.45, 7) is 0. The zero-order valence-electron chi connectivity index (χ0n) is 29.9. The van der Waals surface area contributed by atoms with Crippen molar-refractivity contribution in [3.8, 4) is 0 Å². The van der Waals surface area contributed by atoms with Gasteiger partial charge in [0, 0.05) is 72.3 Å². The van der Waals surface area contributed by atoms with E-state index in [1.165, 1.54) is 108 Å². The van der Waals surface area contributed by atoms with Gasteiger partial charge in [0.1, 0.15) is 0 Å². The van der Waals surface area contributed by atoms with Gasteiger partial charge >= 0.3 is 0 Å². The molecule has 4 nitrogen and oxygen atoms in total. The number of rotatable bonds is 2. The number of aryl methyl sites for hydroxylation is 2. The standard InChI is InChI=1S/C48H34N4S2/c1-49-39-27-29(51-35-15-5-9-19-41(35)53-42-20-10-6-16-36(42)51)23-25-33(39)45-31-13-3-4-14-32(31)46-34-26-24-30(28-40(34)50(2)48(46)47(45)49)52-37-17-7-11-21-43(37)54-44-22-12-8-18-38(44)52/h3-7,9-17,19-28H,8,18H2,1-2H3. The van der Waals surface area contributed by atoms with Crippen molar-refractivity contribution in [2.45, 2.75) is 27.5 Å². The van der Waals surface area contributed by atoms with E-state index in [0.717, 1.165) is 12.8 Å². The molecule has 0 fully saturated rings. The van der Waals surface area contributed by atoms with Crippen molar-refractivity contribution in [1.29, 1.82) is 0 Å². The van der Waals surface area contributed by atoms with Gasteiger partial charge in [-0.25, -0.2) is 0 Å². The fraction of sp³-hybridized carbons (Fsp3) is 0.0833. The minimum Gasteiger partial charge on any atom is -0.342 e. The molecule has 0 radical (unpaired) electrons. The van der Waals surface area contributed by atoms with E-state index < -0.39 is 0 Å². The summed E-state index contributed by atoms with van der Waals surface area (Å²) < 4.78 is 4.90. The van der Waals surface area contributed by atoms with Crippen molar-refractivity contribution in [3.05, 3.63) is 156 Å². The SMILES string of the molecule is Cn1c2cc(N3C4=C(C=CCC4)Sc4ccccc43)ccc2c2c3ccccc3c3c4ccc(N5c6ccccc6Sc6ccccc65)cc4n(C)c3c21. The number of thioether (sulfide) groups is 1. The number of hydrogen-bond acceptors (Lipinski definition) is 4. The van der Waals surface area contributed by atoms with Gasteiger partial charge in [-0.15, -0.1) is 0 Å². The quantitative estimate of drug-likeness (QED) is 0.176. The molecule has 0 saturated carbocycles. The Hall–Kier alpha value is -5.82. The maximum atomic E-state index is 2.52. The lowest BCUT2D eigenvalue weighted by molar-refractivity contribution is 0.903. The lowest BCUT2D eigenvalue weighted by Crippen LogP contribution is -2.22. The Morgan fingerprint density at radius 1 is 0.481 bits per heavy atom. The highest BCUT2D eigenvalue weighted by Crippen LogP contribution is 2.53. The summed E-state index contributed by atoms with van der Waals surface area (Å²) in [6.07, 6.45) is 6.74. The minimum atomic E-state index is 1.04. The number of allylic oxidation sites excluding steroid dienone is 3. The van der Waals surface area contributed by atoms with E-state index in [1.807, 2.05) is 23.5 Å². The maximum Gasteiger partial charge on any atom is 0.0742 e. The molecule has 6 heteroatoms. The molecule has 0 unspecified atom stereocenters. The predicted octanol–water partition coefficient (Wildman–Crippen LogP) is 13.9. The predicted molar refractivity (Wildman–Crippen MR) is 231 cm³/mol. The van der Waals surface area contributed by atoms with Crippen LogP contribution in [0.5, 0.6) is 0 Å². The summed E-state index contributed by atoms with van der Waals surface area (Å²) in [5, 5.41) is 7.80. The number of nitrogens with zero attached hydrogens (tertiary/aromatic N) is 4. The number of aromatic nitrogens is 2. The molecule has 2 aromatic heterocycles. The second-order valence-electron chi connectivity index (χ2n) is 14.5. The van der Waals surface area contributed by atoms with Crippen LogP contribution in [0, 0.1) is 0 Å². The number of anilines is 5. The average molecular weight is 731 g/mol. The molecule has 0 saturated heterocycles. The van der Waals surface area contributed by atoms with Crippen LogP contribution in [-0.2, 0) is 14.1 Å². The van der Waals surface area contributed by atoms with Gasteiger partial charge in [-0.1, -0.05) is 108 Å². The minimum absolute atomic E-state index is 1.04. The van der Waals surface area contributed by atoms with Gasteiger partial charge in [0.15, 0.2) is 0 Å². The zero-order valence-corrected chi connectivity index (χ0v) is 31.5. The van der Waals surface area contributed by atoms with Crippen LogP contribution >= 0.6 is 23.5 Å². The van der Waals surface area contributed by atoms with Crippen LogP contribution in [0.25, 0.3) is 54.4 Å². The van der Waals surface area contributed by atoms with Gasteiger partial charge in [-0.3, -0.25) is 0 Å². The second-order valence-corrected chi connectivity index (χ2v) is 16.7. The van der Waals surface area contributed by atoms with Gasteiger partial charge in [-0.2, -0.15) is 0 Å². The van der Waals surface area contributed by atoms with E-state index in [-0.39, 0.29) is 0 Å².